The van der Waals surface area contributed by atoms with E-state index >= 15 is 0 Å². The molecule has 1 heterocycles. The summed E-state index contributed by atoms with van der Waals surface area (Å²) in [5.41, 5.74) is -1.05. The Hall–Kier alpha value is -1.07. The molecule has 2 N–H and O–H groups in total. The molecule has 25 heavy (non-hydrogen) atoms. The van der Waals surface area contributed by atoms with Gasteiger partial charge in [-0.25, -0.2) is 14.6 Å². The quantitative estimate of drug-likeness (QED) is 0.549. The van der Waals surface area contributed by atoms with Crippen LogP contribution in [0.15, 0.2) is 51.8 Å². The van der Waals surface area contributed by atoms with Gasteiger partial charge >= 0.3 is 71.1 Å². The molecule has 11 heteroatoms. The number of hydrogen-bond donors (Lipinski definition) is 2. The summed E-state index contributed by atoms with van der Waals surface area (Å²) in [5.74, 6) is -2.87. The third-order valence-corrected chi connectivity index (χ3v) is 3.92. The maximum atomic E-state index is 12.0. The molecule has 0 amide bonds. The third kappa shape index (κ3) is 6.63. The van der Waals surface area contributed by atoms with Crippen LogP contribution in [-0.4, -0.2) is 101 Å². The zero-order valence-electron chi connectivity index (χ0n) is 11.4. The van der Waals surface area contributed by atoms with Crippen molar-refractivity contribution in [3.8, 4) is 0 Å². The second kappa shape index (κ2) is 10.2. The Morgan fingerprint density at radius 3 is 1.88 bits per heavy atom. The first-order chi connectivity index (χ1) is 10.8. The SMILES string of the molecule is O=C(O)c1cc(/C=N/S(=O)(=O)c2ccccc2)cc(C(=O)O)n1.[NaH].[NaH]. The van der Waals surface area contributed by atoms with Crippen molar-refractivity contribution in [2.45, 2.75) is 4.90 Å². The molecule has 1 aromatic heterocycles. The average molecular weight is 382 g/mol. The maximum absolute atomic E-state index is 12.0. The van der Waals surface area contributed by atoms with Crippen molar-refractivity contribution in [2.75, 3.05) is 0 Å². The summed E-state index contributed by atoms with van der Waals surface area (Å²) in [6, 6.07) is 9.45. The normalized spacial score (nSPS) is 10.6. The Kier molecular flexibility index (Phi) is 9.73. The van der Waals surface area contributed by atoms with Gasteiger partial charge in [-0.3, -0.25) is 0 Å². The number of nitrogens with zero attached hydrogens (tertiary/aromatic N) is 2. The summed E-state index contributed by atoms with van der Waals surface area (Å²) >= 11 is 0. The average Bonchev–Trinajstić information content (AvgIpc) is 2.53. The molecule has 1 aromatic carbocycles. The number of carboxylic acids is 2. The van der Waals surface area contributed by atoms with Crippen molar-refractivity contribution in [2.24, 2.45) is 4.40 Å². The fourth-order valence-corrected chi connectivity index (χ4v) is 2.51. The van der Waals surface area contributed by atoms with Crippen LogP contribution < -0.4 is 0 Å². The number of hydrogen-bond acceptors (Lipinski definition) is 5. The summed E-state index contributed by atoms with van der Waals surface area (Å²) in [5, 5.41) is 17.8. The van der Waals surface area contributed by atoms with Crippen LogP contribution in [-0.2, 0) is 10.0 Å². The van der Waals surface area contributed by atoms with Crippen molar-refractivity contribution in [1.82, 2.24) is 4.98 Å². The summed E-state index contributed by atoms with van der Waals surface area (Å²) in [6.07, 6.45) is 0.878. The van der Waals surface area contributed by atoms with Gasteiger partial charge in [0.25, 0.3) is 10.0 Å². The van der Waals surface area contributed by atoms with Crippen LogP contribution in [0.25, 0.3) is 0 Å². The second-order valence-corrected chi connectivity index (χ2v) is 5.94. The van der Waals surface area contributed by atoms with Gasteiger partial charge in [-0.2, -0.15) is 12.8 Å². The predicted octanol–water partition coefficient (Wildman–Crippen LogP) is -0.0112. The minimum absolute atomic E-state index is 0. The van der Waals surface area contributed by atoms with Crippen LogP contribution in [0.3, 0.4) is 0 Å². The molecule has 122 valence electrons. The third-order valence-electron chi connectivity index (χ3n) is 2.67. The van der Waals surface area contributed by atoms with E-state index in [0.29, 0.717) is 0 Å². The van der Waals surface area contributed by atoms with E-state index in [-0.39, 0.29) is 69.6 Å². The van der Waals surface area contributed by atoms with Gasteiger partial charge in [0.2, 0.25) is 0 Å². The van der Waals surface area contributed by atoms with Crippen LogP contribution in [0, 0.1) is 0 Å². The van der Waals surface area contributed by atoms with E-state index in [4.69, 9.17) is 10.2 Å². The summed E-state index contributed by atoms with van der Waals surface area (Å²) in [4.78, 5) is 25.3. The van der Waals surface area contributed by atoms with Gasteiger partial charge in [-0.1, -0.05) is 18.2 Å². The number of rotatable bonds is 5. The molecule has 2 rings (SSSR count). The molecule has 0 bridgehead atoms. The Bertz CT molecular complexity index is 869. The zero-order chi connectivity index (χ0) is 17.0. The van der Waals surface area contributed by atoms with E-state index in [0.717, 1.165) is 18.3 Å². The molecule has 0 saturated carbocycles. The monoisotopic (exact) mass is 382 g/mol. The van der Waals surface area contributed by atoms with E-state index < -0.39 is 33.3 Å². The summed E-state index contributed by atoms with van der Waals surface area (Å²) < 4.78 is 27.4. The van der Waals surface area contributed by atoms with E-state index in [1.165, 1.54) is 24.3 Å². The molecular formula is C14H12N2Na2O6S. The van der Waals surface area contributed by atoms with Crippen LogP contribution in [0.5, 0.6) is 0 Å². The molecule has 0 atom stereocenters. The Morgan fingerprint density at radius 1 is 0.960 bits per heavy atom. The molecule has 0 aliphatic heterocycles. The zero-order valence-corrected chi connectivity index (χ0v) is 12.3. The Labute approximate surface area is 187 Å². The van der Waals surface area contributed by atoms with E-state index in [1.807, 2.05) is 0 Å². The number of pyridine rings is 1. The van der Waals surface area contributed by atoms with Crippen LogP contribution >= 0.6 is 0 Å². The Balaban J connectivity index is 0.00000288. The molecule has 8 nitrogen and oxygen atoms in total. The first-order valence-electron chi connectivity index (χ1n) is 6.13. The second-order valence-electron chi connectivity index (χ2n) is 4.30. The standard InChI is InChI=1S/C14H10N2O6S.2Na.2H/c17-13(18)11-6-9(7-12(16-11)14(19)20)8-15-23(21,22)10-4-2-1-3-5-10;;;;/h1-8H,(H,17,18)(H,19,20);;;;/b15-8+;;;;. The fraction of sp³-hybridized carbons (Fsp3) is 0. The number of aromatic carboxylic acids is 2. The van der Waals surface area contributed by atoms with Gasteiger partial charge < -0.3 is 10.2 Å². The van der Waals surface area contributed by atoms with E-state index in [1.54, 1.807) is 6.07 Å². The van der Waals surface area contributed by atoms with Gasteiger partial charge in [0.05, 0.1) is 4.90 Å². The first kappa shape index (κ1) is 23.9. The number of carboxylic acid groups (broad SMARTS) is 2. The van der Waals surface area contributed by atoms with Gasteiger partial charge in [0.15, 0.2) is 0 Å². The molecule has 0 unspecified atom stereocenters. The molecular weight excluding hydrogens is 370 g/mol. The molecule has 0 fully saturated rings. The van der Waals surface area contributed by atoms with Crippen LogP contribution in [0.1, 0.15) is 26.5 Å². The number of carbonyl (C=O) groups is 2. The molecule has 0 radical (unpaired) electrons. The van der Waals surface area contributed by atoms with Gasteiger partial charge in [0.1, 0.15) is 11.4 Å². The molecule has 0 spiro atoms. The van der Waals surface area contributed by atoms with Gasteiger partial charge in [-0.05, 0) is 29.8 Å². The van der Waals surface area contributed by atoms with E-state index in [9.17, 15) is 18.0 Å². The fourth-order valence-electron chi connectivity index (χ4n) is 1.63. The van der Waals surface area contributed by atoms with Gasteiger partial charge in [-0.15, -0.1) is 0 Å². The van der Waals surface area contributed by atoms with Crippen molar-refractivity contribution in [3.05, 3.63) is 59.4 Å². The predicted molar refractivity (Wildman–Crippen MR) is 93.7 cm³/mol. The van der Waals surface area contributed by atoms with E-state index in [2.05, 4.69) is 9.38 Å². The van der Waals surface area contributed by atoms with Gasteiger partial charge in [0, 0.05) is 6.21 Å². The van der Waals surface area contributed by atoms with Crippen molar-refractivity contribution < 1.29 is 28.2 Å². The van der Waals surface area contributed by atoms with Crippen LogP contribution in [0.2, 0.25) is 0 Å². The van der Waals surface area contributed by atoms with Crippen molar-refractivity contribution in [1.29, 1.82) is 0 Å². The number of benzene rings is 1. The minimum atomic E-state index is -3.97. The van der Waals surface area contributed by atoms with Crippen molar-refractivity contribution >= 4 is 87.3 Å². The topological polar surface area (TPSA) is 134 Å². The Morgan fingerprint density at radius 2 is 1.44 bits per heavy atom. The molecule has 0 saturated heterocycles. The van der Waals surface area contributed by atoms with Crippen LogP contribution in [0.4, 0.5) is 0 Å². The molecule has 0 aliphatic carbocycles. The number of aromatic nitrogens is 1. The first-order valence-corrected chi connectivity index (χ1v) is 7.58. The molecule has 2 aromatic rings. The number of sulfonamides is 1. The summed E-state index contributed by atoms with van der Waals surface area (Å²) in [7, 11) is -3.97. The summed E-state index contributed by atoms with van der Waals surface area (Å²) in [6.45, 7) is 0. The molecule has 0 aliphatic rings. The van der Waals surface area contributed by atoms with Crippen molar-refractivity contribution in [3.63, 3.8) is 0 Å².